The zero-order valence-corrected chi connectivity index (χ0v) is 20.0. The summed E-state index contributed by atoms with van der Waals surface area (Å²) in [5.41, 5.74) is 1.74. The van der Waals surface area contributed by atoms with Gasteiger partial charge in [-0.2, -0.15) is 5.06 Å². The molecule has 3 saturated carbocycles. The number of aliphatic hydroxyl groups excluding tert-OH is 1. The lowest BCUT2D eigenvalue weighted by molar-refractivity contribution is -0.310. The molecule has 2 N–H and O–H groups in total. The van der Waals surface area contributed by atoms with Crippen molar-refractivity contribution in [3.63, 3.8) is 0 Å². The molecule has 2 heterocycles. The maximum Gasteiger partial charge on any atom is 0.146 e. The van der Waals surface area contributed by atoms with Gasteiger partial charge < -0.3 is 15.1 Å². The van der Waals surface area contributed by atoms with Gasteiger partial charge in [0, 0.05) is 12.5 Å². The highest BCUT2D eigenvalue weighted by Crippen LogP contribution is 2.70. The minimum absolute atomic E-state index is 0.124. The molecule has 6 aliphatic rings. The Morgan fingerprint density at radius 2 is 1.87 bits per heavy atom. The van der Waals surface area contributed by atoms with E-state index in [1.54, 1.807) is 10.6 Å². The van der Waals surface area contributed by atoms with Gasteiger partial charge in [-0.3, -0.25) is 0 Å². The van der Waals surface area contributed by atoms with E-state index >= 15 is 0 Å². The number of allylic oxidation sites excluding steroid dienone is 1. The largest absolute Gasteiger partial charge is 0.393 e. The van der Waals surface area contributed by atoms with E-state index in [2.05, 4.69) is 33.8 Å². The van der Waals surface area contributed by atoms with E-state index in [1.165, 1.54) is 25.7 Å². The van der Waals surface area contributed by atoms with Crippen LogP contribution in [-0.2, 0) is 4.74 Å². The molecule has 2 saturated heterocycles. The quantitative estimate of drug-likeness (QED) is 0.507. The van der Waals surface area contributed by atoms with Gasteiger partial charge in [0.25, 0.3) is 0 Å². The molecular formula is C27H43NO3. The lowest BCUT2D eigenvalue weighted by atomic mass is 9.47. The summed E-state index contributed by atoms with van der Waals surface area (Å²) >= 11 is 0. The predicted octanol–water partition coefficient (Wildman–Crippen LogP) is 5.39. The van der Waals surface area contributed by atoms with E-state index < -0.39 is 5.72 Å². The van der Waals surface area contributed by atoms with E-state index in [0.29, 0.717) is 34.7 Å². The Morgan fingerprint density at radius 3 is 2.65 bits per heavy atom. The Hall–Kier alpha value is -0.420. The second kappa shape index (κ2) is 6.81. The molecule has 0 radical (unpaired) electrons. The summed E-state index contributed by atoms with van der Waals surface area (Å²) in [6, 6.07) is 0. The molecule has 31 heavy (non-hydrogen) atoms. The summed E-state index contributed by atoms with van der Waals surface area (Å²) in [4.78, 5) is 0. The van der Waals surface area contributed by atoms with Gasteiger partial charge in [0.2, 0.25) is 0 Å². The molecule has 0 amide bonds. The van der Waals surface area contributed by atoms with Crippen molar-refractivity contribution in [2.24, 2.45) is 46.3 Å². The van der Waals surface area contributed by atoms with Gasteiger partial charge >= 0.3 is 0 Å². The topological polar surface area (TPSA) is 52.9 Å². The lowest BCUT2D eigenvalue weighted by Gasteiger charge is -2.58. The minimum Gasteiger partial charge on any atom is -0.393 e. The molecule has 4 nitrogen and oxygen atoms in total. The summed E-state index contributed by atoms with van der Waals surface area (Å²) in [6.07, 6.45) is 12.9. The maximum atomic E-state index is 11.0. The average Bonchev–Trinajstić information content (AvgIpc) is 3.17. The van der Waals surface area contributed by atoms with Gasteiger partial charge in [0.1, 0.15) is 5.72 Å². The molecule has 0 aromatic heterocycles. The Morgan fingerprint density at radius 1 is 1.06 bits per heavy atom. The van der Waals surface area contributed by atoms with Gasteiger partial charge in [0.15, 0.2) is 0 Å². The number of hydrogen-bond acceptors (Lipinski definition) is 4. The summed E-state index contributed by atoms with van der Waals surface area (Å²) in [7, 11) is 0. The molecular weight excluding hydrogens is 386 g/mol. The first-order valence-corrected chi connectivity index (χ1v) is 13.2. The van der Waals surface area contributed by atoms with Gasteiger partial charge in [-0.15, -0.1) is 0 Å². The van der Waals surface area contributed by atoms with E-state index in [9.17, 15) is 10.3 Å². The molecule has 5 fully saturated rings. The molecule has 0 aromatic rings. The fraction of sp³-hybridized carbons (Fsp3) is 0.926. The van der Waals surface area contributed by atoms with Crippen LogP contribution in [0.5, 0.6) is 0 Å². The van der Waals surface area contributed by atoms with Crippen LogP contribution in [0.1, 0.15) is 85.5 Å². The SMILES string of the molecule is CC1CCC2(OC3CC4C5CC=C6CC(O)CCC6(C)C5CCC4(C)C3C2C)N(O)C1. The Bertz CT molecular complexity index is 782. The van der Waals surface area contributed by atoms with Crippen LogP contribution in [0.15, 0.2) is 11.6 Å². The van der Waals surface area contributed by atoms with Crippen molar-refractivity contribution in [1.82, 2.24) is 5.06 Å². The molecule has 11 unspecified atom stereocenters. The van der Waals surface area contributed by atoms with Crippen LogP contribution in [0.25, 0.3) is 0 Å². The zero-order valence-electron chi connectivity index (χ0n) is 20.0. The van der Waals surface area contributed by atoms with Crippen molar-refractivity contribution in [2.75, 3.05) is 6.54 Å². The molecule has 6 rings (SSSR count). The van der Waals surface area contributed by atoms with Crippen LogP contribution in [-0.4, -0.2) is 39.9 Å². The van der Waals surface area contributed by atoms with Crippen molar-refractivity contribution in [1.29, 1.82) is 0 Å². The summed E-state index contributed by atoms with van der Waals surface area (Å²) in [5.74, 6) is 3.76. The summed E-state index contributed by atoms with van der Waals surface area (Å²) < 4.78 is 6.90. The van der Waals surface area contributed by atoms with Gasteiger partial charge in [-0.05, 0) is 98.2 Å². The Kier molecular flexibility index (Phi) is 4.64. The van der Waals surface area contributed by atoms with Gasteiger partial charge in [0.05, 0.1) is 12.2 Å². The molecule has 11 atom stereocenters. The first-order chi connectivity index (χ1) is 14.7. The van der Waals surface area contributed by atoms with E-state index in [1.807, 2.05) is 0 Å². The number of fused-ring (bicyclic) bond motifs is 7. The monoisotopic (exact) mass is 429 g/mol. The fourth-order valence-electron chi connectivity index (χ4n) is 10.0. The first-order valence-electron chi connectivity index (χ1n) is 13.2. The number of ether oxygens (including phenoxy) is 1. The number of aliphatic hydroxyl groups is 1. The number of nitrogens with zero attached hydrogens (tertiary/aromatic N) is 1. The third kappa shape index (κ3) is 2.68. The van der Waals surface area contributed by atoms with Crippen LogP contribution in [0.4, 0.5) is 0 Å². The average molecular weight is 430 g/mol. The standard InChI is InChI=1S/C27H43NO3/c1-16-7-12-27(28(30)15-16)17(2)24-23(31-27)14-22-20-6-5-18-13-19(29)8-10-25(18,3)21(20)9-11-26(22,24)4/h5,16-17,19-24,29-30H,6-15H2,1-4H3. The van der Waals surface area contributed by atoms with Crippen LogP contribution < -0.4 is 0 Å². The van der Waals surface area contributed by atoms with Gasteiger partial charge in [-0.1, -0.05) is 39.3 Å². The predicted molar refractivity (Wildman–Crippen MR) is 120 cm³/mol. The first kappa shape index (κ1) is 21.1. The van der Waals surface area contributed by atoms with Crippen molar-refractivity contribution in [3.8, 4) is 0 Å². The van der Waals surface area contributed by atoms with E-state index in [4.69, 9.17) is 4.74 Å². The maximum absolute atomic E-state index is 11.0. The fourth-order valence-corrected chi connectivity index (χ4v) is 10.0. The van der Waals surface area contributed by atoms with Crippen molar-refractivity contribution < 1.29 is 15.1 Å². The molecule has 4 aliphatic carbocycles. The normalized spacial score (nSPS) is 59.0. The summed E-state index contributed by atoms with van der Waals surface area (Å²) in [5, 5.41) is 22.8. The second-order valence-electron chi connectivity index (χ2n) is 13.0. The highest BCUT2D eigenvalue weighted by atomic mass is 16.6. The highest BCUT2D eigenvalue weighted by molar-refractivity contribution is 5.26. The third-order valence-electron chi connectivity index (χ3n) is 11.7. The number of hydroxylamine groups is 2. The molecule has 4 heteroatoms. The third-order valence-corrected chi connectivity index (χ3v) is 11.7. The van der Waals surface area contributed by atoms with Crippen molar-refractivity contribution in [2.45, 2.75) is 103 Å². The van der Waals surface area contributed by atoms with E-state index in [0.717, 1.165) is 56.4 Å². The Labute approximate surface area is 188 Å². The minimum atomic E-state index is -0.447. The second-order valence-corrected chi connectivity index (χ2v) is 13.0. The molecule has 0 bridgehead atoms. The lowest BCUT2D eigenvalue weighted by Crippen LogP contribution is -2.57. The smallest absolute Gasteiger partial charge is 0.146 e. The Balaban J connectivity index is 1.29. The van der Waals surface area contributed by atoms with Crippen LogP contribution in [0.2, 0.25) is 0 Å². The van der Waals surface area contributed by atoms with Crippen molar-refractivity contribution >= 4 is 0 Å². The zero-order chi connectivity index (χ0) is 21.8. The number of piperidine rings is 1. The van der Waals surface area contributed by atoms with Crippen molar-refractivity contribution in [3.05, 3.63) is 11.6 Å². The highest BCUT2D eigenvalue weighted by Gasteiger charge is 2.69. The van der Waals surface area contributed by atoms with Crippen LogP contribution >= 0.6 is 0 Å². The van der Waals surface area contributed by atoms with E-state index in [-0.39, 0.29) is 6.10 Å². The number of hydrogen-bond donors (Lipinski definition) is 2. The molecule has 174 valence electrons. The molecule has 2 aliphatic heterocycles. The number of rotatable bonds is 0. The van der Waals surface area contributed by atoms with Gasteiger partial charge in [-0.25, -0.2) is 0 Å². The summed E-state index contributed by atoms with van der Waals surface area (Å²) in [6.45, 7) is 10.5. The van der Waals surface area contributed by atoms with Crippen LogP contribution in [0, 0.1) is 46.3 Å². The van der Waals surface area contributed by atoms with Crippen LogP contribution in [0.3, 0.4) is 0 Å². The molecule has 0 aromatic carbocycles. The molecule has 1 spiro atoms.